The number of hydrogen-bond donors (Lipinski definition) is 2. The summed E-state index contributed by atoms with van der Waals surface area (Å²) in [7, 11) is 0. The highest BCUT2D eigenvalue weighted by Crippen LogP contribution is 2.22. The fraction of sp³-hybridized carbons (Fsp3) is 0.167. The van der Waals surface area contributed by atoms with Crippen molar-refractivity contribution in [2.24, 2.45) is 0 Å². The number of alkyl halides is 1. The number of nitrogens with zero attached hydrogens (tertiary/aromatic N) is 1. The first-order valence-electron chi connectivity index (χ1n) is 5.63. The fourth-order valence-electron chi connectivity index (χ4n) is 1.60. The Morgan fingerprint density at radius 3 is 2.75 bits per heavy atom. The molecule has 0 radical (unpaired) electrons. The average molecular weight is 318 g/mol. The molecule has 0 aliphatic carbocycles. The molecule has 2 rings (SSSR count). The molecule has 0 saturated heterocycles. The largest absolute Gasteiger partial charge is 0.340 e. The average Bonchev–Trinajstić information content (AvgIpc) is 2.74. The van der Waals surface area contributed by atoms with E-state index in [9.17, 15) is 14.0 Å². The molecular weight excluding hydrogens is 308 g/mol. The summed E-state index contributed by atoms with van der Waals surface area (Å²) in [5.74, 6) is -0.468. The van der Waals surface area contributed by atoms with Gasteiger partial charge in [0.15, 0.2) is 0 Å². The van der Waals surface area contributed by atoms with E-state index in [1.807, 2.05) is 0 Å². The number of halogens is 3. The Kier molecular flexibility index (Phi) is 4.46. The number of aromatic amines is 1. The van der Waals surface area contributed by atoms with E-state index >= 15 is 0 Å². The third kappa shape index (κ3) is 3.20. The standard InChI is InChI=1S/C12H10Cl2FN3O2/c13-8-5-9(17-11(8)14)12(20)16-7-1-2-10(19)18(6-7)4-3-15/h1-2,5-6,17H,3-4H2,(H,16,20). The number of amides is 1. The first kappa shape index (κ1) is 14.6. The zero-order chi connectivity index (χ0) is 14.7. The zero-order valence-electron chi connectivity index (χ0n) is 10.1. The van der Waals surface area contributed by atoms with E-state index in [1.54, 1.807) is 0 Å². The van der Waals surface area contributed by atoms with Crippen molar-refractivity contribution in [1.82, 2.24) is 9.55 Å². The third-order valence-corrected chi connectivity index (χ3v) is 3.23. The van der Waals surface area contributed by atoms with Gasteiger partial charge in [-0.1, -0.05) is 23.2 Å². The second kappa shape index (κ2) is 6.11. The molecule has 0 aliphatic rings. The lowest BCUT2D eigenvalue weighted by molar-refractivity contribution is 0.102. The second-order valence-electron chi connectivity index (χ2n) is 3.94. The first-order valence-corrected chi connectivity index (χ1v) is 6.38. The van der Waals surface area contributed by atoms with Crippen molar-refractivity contribution in [2.45, 2.75) is 6.54 Å². The van der Waals surface area contributed by atoms with Crippen molar-refractivity contribution < 1.29 is 9.18 Å². The molecule has 2 N–H and O–H groups in total. The van der Waals surface area contributed by atoms with Crippen molar-refractivity contribution in [3.63, 3.8) is 0 Å². The highest BCUT2D eigenvalue weighted by Gasteiger charge is 2.12. The molecule has 20 heavy (non-hydrogen) atoms. The molecule has 0 aliphatic heterocycles. The predicted octanol–water partition coefficient (Wildman–Crippen LogP) is 2.71. The number of nitrogens with one attached hydrogen (secondary N) is 2. The van der Waals surface area contributed by atoms with Crippen molar-refractivity contribution in [2.75, 3.05) is 12.0 Å². The van der Waals surface area contributed by atoms with Crippen molar-refractivity contribution in [3.05, 3.63) is 50.6 Å². The van der Waals surface area contributed by atoms with Crippen LogP contribution in [0.4, 0.5) is 10.1 Å². The van der Waals surface area contributed by atoms with Crippen LogP contribution in [-0.2, 0) is 6.54 Å². The zero-order valence-corrected chi connectivity index (χ0v) is 11.6. The molecule has 8 heteroatoms. The minimum Gasteiger partial charge on any atom is -0.340 e. The molecule has 0 atom stereocenters. The van der Waals surface area contributed by atoms with E-state index in [1.165, 1.54) is 29.0 Å². The lowest BCUT2D eigenvalue weighted by Gasteiger charge is -2.07. The number of carbonyl (C=O) groups is 1. The van der Waals surface area contributed by atoms with Gasteiger partial charge in [-0.25, -0.2) is 4.39 Å². The Balaban J connectivity index is 2.19. The second-order valence-corrected chi connectivity index (χ2v) is 4.72. The van der Waals surface area contributed by atoms with E-state index in [4.69, 9.17) is 23.2 Å². The number of H-pyrrole nitrogens is 1. The fourth-order valence-corrected chi connectivity index (χ4v) is 1.91. The summed E-state index contributed by atoms with van der Waals surface area (Å²) < 4.78 is 13.5. The maximum Gasteiger partial charge on any atom is 0.272 e. The van der Waals surface area contributed by atoms with Crippen molar-refractivity contribution >= 4 is 34.8 Å². The molecule has 0 bridgehead atoms. The number of anilines is 1. The van der Waals surface area contributed by atoms with Gasteiger partial charge >= 0.3 is 0 Å². The highest BCUT2D eigenvalue weighted by atomic mass is 35.5. The number of aromatic nitrogens is 2. The van der Waals surface area contributed by atoms with Gasteiger partial charge in [0, 0.05) is 12.3 Å². The normalized spacial score (nSPS) is 10.6. The molecule has 0 spiro atoms. The van der Waals surface area contributed by atoms with Gasteiger partial charge in [0.25, 0.3) is 11.5 Å². The summed E-state index contributed by atoms with van der Waals surface area (Å²) in [6.45, 7) is -0.734. The monoisotopic (exact) mass is 317 g/mol. The van der Waals surface area contributed by atoms with Crippen LogP contribution < -0.4 is 10.9 Å². The van der Waals surface area contributed by atoms with Gasteiger partial charge in [-0.3, -0.25) is 9.59 Å². The SMILES string of the molecule is O=C(Nc1ccc(=O)n(CCF)c1)c1cc(Cl)c(Cl)[nH]1. The number of carbonyl (C=O) groups excluding carboxylic acids is 1. The number of hydrogen-bond acceptors (Lipinski definition) is 2. The smallest absolute Gasteiger partial charge is 0.272 e. The summed E-state index contributed by atoms with van der Waals surface area (Å²) in [6, 6.07) is 4.07. The predicted molar refractivity (Wildman–Crippen MR) is 75.4 cm³/mol. The van der Waals surface area contributed by atoms with Gasteiger partial charge in [0.2, 0.25) is 0 Å². The molecule has 1 amide bonds. The Bertz CT molecular complexity index is 677. The minimum absolute atomic E-state index is 0.0668. The van der Waals surface area contributed by atoms with Crippen LogP contribution in [0.25, 0.3) is 0 Å². The van der Waals surface area contributed by atoms with Crippen LogP contribution in [0.2, 0.25) is 10.2 Å². The van der Waals surface area contributed by atoms with Gasteiger partial charge in [-0.2, -0.15) is 0 Å². The van der Waals surface area contributed by atoms with Gasteiger partial charge in [-0.05, 0) is 12.1 Å². The summed E-state index contributed by atoms with van der Waals surface area (Å²) in [4.78, 5) is 25.9. The molecule has 2 aromatic heterocycles. The minimum atomic E-state index is -0.668. The van der Waals surface area contributed by atoms with E-state index < -0.39 is 12.6 Å². The Morgan fingerprint density at radius 1 is 1.40 bits per heavy atom. The lowest BCUT2D eigenvalue weighted by atomic mass is 10.3. The van der Waals surface area contributed by atoms with Gasteiger partial charge < -0.3 is 14.9 Å². The van der Waals surface area contributed by atoms with E-state index in [2.05, 4.69) is 10.3 Å². The first-order chi connectivity index (χ1) is 9.51. The number of rotatable bonds is 4. The van der Waals surface area contributed by atoms with Gasteiger partial charge in [0.1, 0.15) is 17.5 Å². The van der Waals surface area contributed by atoms with Crippen LogP contribution in [0.1, 0.15) is 10.5 Å². The molecule has 0 fully saturated rings. The van der Waals surface area contributed by atoms with Crippen LogP contribution in [0.15, 0.2) is 29.2 Å². The van der Waals surface area contributed by atoms with Crippen LogP contribution in [0.3, 0.4) is 0 Å². The number of pyridine rings is 1. The molecule has 0 saturated carbocycles. The Hall–Kier alpha value is -1.79. The number of aryl methyl sites for hydroxylation is 1. The van der Waals surface area contributed by atoms with Crippen LogP contribution in [0, 0.1) is 0 Å². The van der Waals surface area contributed by atoms with E-state index in [-0.39, 0.29) is 28.0 Å². The molecule has 106 valence electrons. The molecular formula is C12H10Cl2FN3O2. The van der Waals surface area contributed by atoms with Crippen molar-refractivity contribution in [1.29, 1.82) is 0 Å². The maximum absolute atomic E-state index is 12.3. The lowest BCUT2D eigenvalue weighted by Crippen LogP contribution is -2.21. The summed E-state index contributed by atoms with van der Waals surface area (Å²) in [6.07, 6.45) is 1.37. The van der Waals surface area contributed by atoms with Crippen LogP contribution in [0.5, 0.6) is 0 Å². The molecule has 2 aromatic rings. The molecule has 0 unspecified atom stereocenters. The topological polar surface area (TPSA) is 66.9 Å². The summed E-state index contributed by atoms with van der Waals surface area (Å²) in [5, 5.41) is 2.96. The molecule has 2 heterocycles. The van der Waals surface area contributed by atoms with Gasteiger partial charge in [0.05, 0.1) is 17.3 Å². The van der Waals surface area contributed by atoms with Crippen LogP contribution in [-0.4, -0.2) is 22.1 Å². The molecule has 0 aromatic carbocycles. The highest BCUT2D eigenvalue weighted by molar-refractivity contribution is 6.41. The summed E-state index contributed by atoms with van der Waals surface area (Å²) in [5.41, 5.74) is 0.208. The van der Waals surface area contributed by atoms with Crippen LogP contribution >= 0.6 is 23.2 Å². The Labute approximate surface area is 123 Å². The quantitative estimate of drug-likeness (QED) is 0.910. The van der Waals surface area contributed by atoms with E-state index in [0.717, 1.165) is 0 Å². The van der Waals surface area contributed by atoms with E-state index in [0.29, 0.717) is 5.69 Å². The molecule has 5 nitrogen and oxygen atoms in total. The Morgan fingerprint density at radius 2 is 2.15 bits per heavy atom. The maximum atomic E-state index is 12.3. The van der Waals surface area contributed by atoms with Crippen molar-refractivity contribution in [3.8, 4) is 0 Å². The summed E-state index contributed by atoms with van der Waals surface area (Å²) >= 11 is 11.4. The van der Waals surface area contributed by atoms with Gasteiger partial charge in [-0.15, -0.1) is 0 Å². The third-order valence-electron chi connectivity index (χ3n) is 2.54.